The Hall–Kier alpha value is -8.15. The summed E-state index contributed by atoms with van der Waals surface area (Å²) in [5.74, 6) is -117. The Balaban J connectivity index is 0.000000269. The first-order chi connectivity index (χ1) is 46.0. The highest BCUT2D eigenvalue weighted by atomic mass is 19.4. The standard InChI is InChI=1S/C36H4BF24.C14H3F11.C12H27N/c38-13-1-5(21(46)33(58)29(13)54)17(42)25(50)9(1)37(10-2-6(18(43)26(10)51)22(47)34(59)30(55)14(2)39,11-3-7(19(44)27(11)52)23(48)35(60)31(56)15(3)40)12-4-8(20(45)28(12)53)24(49)36(61)32(57)16(4)41;1-2-3(4-7(16)11(20)13(22)12(21)8(4)17)5(14(23,24)25)9(18)10(19)6(2)15;1-4-6-7-8-10-13-11-12(3)9-5-2/h9-12H;1H3;12-13H,4-11H2,1-3H3/q-1;;/p+1. The predicted molar refractivity (Wildman–Crippen MR) is 280 cm³/mol. The number of quaternary nitrogens is 1. The van der Waals surface area contributed by atoms with Gasteiger partial charge in [-0.05, 0) is 54.0 Å². The van der Waals surface area contributed by atoms with Crippen LogP contribution in [0.3, 0.4) is 0 Å². The van der Waals surface area contributed by atoms with Gasteiger partial charge in [-0.3, -0.25) is 0 Å². The molecule has 0 saturated carbocycles. The van der Waals surface area contributed by atoms with Gasteiger partial charge < -0.3 is 5.32 Å². The average Bonchev–Trinajstić information content (AvgIpc) is 1.51. The lowest BCUT2D eigenvalue weighted by molar-refractivity contribution is -0.660. The van der Waals surface area contributed by atoms with Gasteiger partial charge in [0.05, 0.1) is 47.1 Å². The van der Waals surface area contributed by atoms with Crippen molar-refractivity contribution >= 4 is 29.5 Å². The van der Waals surface area contributed by atoms with Gasteiger partial charge in [0, 0.05) is 11.5 Å². The first-order valence-corrected chi connectivity index (χ1v) is 28.4. The summed E-state index contributed by atoms with van der Waals surface area (Å²) >= 11 is 0. The summed E-state index contributed by atoms with van der Waals surface area (Å²) in [7, 11) is 0. The lowest BCUT2D eigenvalue weighted by atomic mass is 9.02. The lowest BCUT2D eigenvalue weighted by Crippen LogP contribution is -2.85. The Bertz CT molecular complexity index is 4100. The van der Waals surface area contributed by atoms with Crippen molar-refractivity contribution in [3.8, 4) is 11.1 Å². The zero-order valence-corrected chi connectivity index (χ0v) is 49.4. The Kier molecular flexibility index (Phi) is 21.5. The summed E-state index contributed by atoms with van der Waals surface area (Å²) in [6.07, 6.45) is -4.33. The molecule has 536 valence electrons. The summed E-state index contributed by atoms with van der Waals surface area (Å²) in [6.45, 7) is 9.95. The molecule has 0 fully saturated rings. The van der Waals surface area contributed by atoms with Gasteiger partial charge in [-0.1, -0.05) is 63.3 Å². The fraction of sp³-hybridized carbons (Fsp3) is 0.290. The second kappa shape index (κ2) is 27.8. The van der Waals surface area contributed by atoms with Crippen LogP contribution in [0.5, 0.6) is 0 Å². The van der Waals surface area contributed by atoms with Gasteiger partial charge >= 0.3 is 6.18 Å². The molecule has 0 amide bonds. The molecule has 0 spiro atoms. The van der Waals surface area contributed by atoms with Crippen molar-refractivity contribution in [2.75, 3.05) is 13.1 Å². The van der Waals surface area contributed by atoms with E-state index in [0.29, 0.717) is 6.92 Å². The summed E-state index contributed by atoms with van der Waals surface area (Å²) < 4.78 is 523. The molecule has 2 N–H and O–H groups in total. The number of rotatable bonds is 14. The monoisotopic (exact) mass is 1470 g/mol. The number of fused-ring (bicyclic) bond motifs is 4. The maximum Gasteiger partial charge on any atom is 0.419 e. The summed E-state index contributed by atoms with van der Waals surface area (Å²) in [5, 5.41) is 2.50. The molecule has 5 unspecified atom stereocenters. The molecule has 0 bridgehead atoms. The fourth-order valence-electron chi connectivity index (χ4n) is 13.4. The lowest BCUT2D eigenvalue weighted by Gasteiger charge is -2.57. The molecule has 37 heteroatoms. The van der Waals surface area contributed by atoms with Crippen LogP contribution in [0.15, 0.2) is 23.3 Å². The van der Waals surface area contributed by atoms with Crippen LogP contribution < -0.4 is 5.32 Å². The van der Waals surface area contributed by atoms with Crippen LogP contribution in [-0.4, -0.2) is 19.2 Å². The molecule has 0 aromatic heterocycles. The molecule has 6 aromatic rings. The minimum atomic E-state index is -6.83. The third-order valence-corrected chi connectivity index (χ3v) is 17.5. The highest BCUT2D eigenvalue weighted by Gasteiger charge is 2.67. The van der Waals surface area contributed by atoms with Gasteiger partial charge in [-0.15, -0.1) is 0 Å². The Morgan fingerprint density at radius 1 is 0.313 bits per heavy atom. The van der Waals surface area contributed by atoms with Crippen molar-refractivity contribution in [1.82, 2.24) is 0 Å². The van der Waals surface area contributed by atoms with Crippen LogP contribution >= 0.6 is 0 Å². The maximum atomic E-state index is 17.0. The molecule has 0 saturated heterocycles. The second-order valence-electron chi connectivity index (χ2n) is 22.9. The average molecular weight is 1470 g/mol. The minimum absolute atomic E-state index is 0.362. The number of halogens is 35. The van der Waals surface area contributed by atoms with Crippen LogP contribution in [0.4, 0.5) is 154 Å². The fourth-order valence-corrected chi connectivity index (χ4v) is 13.4. The molecule has 0 aliphatic heterocycles. The van der Waals surface area contributed by atoms with Gasteiger partial charge in [0.2, 0.25) is 5.82 Å². The van der Waals surface area contributed by atoms with Crippen molar-refractivity contribution < 1.29 is 159 Å². The van der Waals surface area contributed by atoms with E-state index in [9.17, 15) is 65.9 Å². The van der Waals surface area contributed by atoms with E-state index in [0.717, 1.165) is 5.92 Å². The molecule has 99 heavy (non-hydrogen) atoms. The largest absolute Gasteiger partial charge is 0.419 e. The quantitative estimate of drug-likeness (QED) is 0.0368. The molecule has 5 atom stereocenters. The van der Waals surface area contributed by atoms with Crippen molar-refractivity contribution in [3.63, 3.8) is 0 Å². The number of alkyl halides is 3. The van der Waals surface area contributed by atoms with E-state index in [1.54, 1.807) is 0 Å². The molecule has 4 aliphatic carbocycles. The highest BCUT2D eigenvalue weighted by Crippen LogP contribution is 2.72. The van der Waals surface area contributed by atoms with E-state index in [2.05, 4.69) is 26.1 Å². The molecule has 0 heterocycles. The van der Waals surface area contributed by atoms with E-state index in [-0.39, 0.29) is 0 Å². The summed E-state index contributed by atoms with van der Waals surface area (Å²) in [4.78, 5) is 0. The highest BCUT2D eigenvalue weighted by molar-refractivity contribution is 6.88. The first-order valence-electron chi connectivity index (χ1n) is 28.4. The van der Waals surface area contributed by atoms with Crippen LogP contribution in [0, 0.1) is 152 Å². The second-order valence-corrected chi connectivity index (χ2v) is 22.9. The van der Waals surface area contributed by atoms with E-state index in [4.69, 9.17) is 0 Å². The maximum absolute atomic E-state index is 17.0. The number of benzene rings is 6. The number of unbranched alkanes of at least 4 members (excludes halogenated alkanes) is 3. The van der Waals surface area contributed by atoms with E-state index in [1.807, 2.05) is 0 Å². The minimum Gasteiger partial charge on any atom is -0.346 e. The summed E-state index contributed by atoms with van der Waals surface area (Å²) in [6, 6.07) is 0. The zero-order valence-electron chi connectivity index (χ0n) is 49.4. The molecule has 0 radical (unpaired) electrons. The molecule has 4 aliphatic rings. The van der Waals surface area contributed by atoms with Crippen molar-refractivity contribution in [1.29, 1.82) is 0 Å². The van der Waals surface area contributed by atoms with Crippen LogP contribution in [0.1, 0.15) is 138 Å². The molecular formula is C62H35BF35N. The normalized spacial score (nSPS) is 18.1. The molecular weight excluding hydrogens is 1430 g/mol. The van der Waals surface area contributed by atoms with Crippen LogP contribution in [-0.2, 0) is 6.18 Å². The summed E-state index contributed by atoms with van der Waals surface area (Å²) in [5.41, 5.74) is -30.4. The third kappa shape index (κ3) is 11.6. The number of allylic oxidation sites excluding steroid dienone is 4. The van der Waals surface area contributed by atoms with Gasteiger partial charge in [0.25, 0.3) is 0 Å². The molecule has 10 rings (SSSR count). The molecule has 6 aromatic carbocycles. The topological polar surface area (TPSA) is 16.6 Å². The van der Waals surface area contributed by atoms with Crippen LogP contribution in [0.25, 0.3) is 34.4 Å². The number of nitrogens with two attached hydrogens (primary N) is 1. The van der Waals surface area contributed by atoms with Gasteiger partial charge in [0.1, 0.15) is 28.9 Å². The van der Waals surface area contributed by atoms with E-state index < -0.39 is 289 Å². The van der Waals surface area contributed by atoms with E-state index in [1.165, 1.54) is 51.6 Å². The number of hydrogen-bond donors (Lipinski definition) is 1. The zero-order chi connectivity index (χ0) is 74.7. The van der Waals surface area contributed by atoms with Gasteiger partial charge in [-0.2, -0.15) is 13.2 Å². The Labute approximate surface area is 531 Å². The Morgan fingerprint density at radius 3 is 0.848 bits per heavy atom. The predicted octanol–water partition coefficient (Wildman–Crippen LogP) is 21.8. The van der Waals surface area contributed by atoms with Crippen LogP contribution in [0.2, 0.25) is 0 Å². The van der Waals surface area contributed by atoms with E-state index >= 15 is 87.8 Å². The smallest absolute Gasteiger partial charge is 0.346 e. The van der Waals surface area contributed by atoms with Crippen molar-refractivity contribution in [2.24, 2.45) is 5.92 Å². The first kappa shape index (κ1) is 76.6. The molecule has 1 nitrogen and oxygen atoms in total. The van der Waals surface area contributed by atoms with Crippen molar-refractivity contribution in [2.45, 2.75) is 95.7 Å². The Morgan fingerprint density at radius 2 is 0.576 bits per heavy atom. The SMILES string of the molecule is CCCCCC[NH2+]CC(C)CCC.Cc1c(F)c(F)c(F)c(C(F)(F)F)c1-c1c(F)c(F)c(F)c(F)c1F.FC1=C(F)C([B-](C2C(F)=C(F)c3c(F)c(F)c(F)c(F)c32)(C2C(F)=C(F)c3c(F)c(F)c(F)c(F)c32)C2C(F)=C(F)c3c(F)c(F)c(F)c(F)c32)c2c(F)c(F)c(F)c(F)c21. The van der Waals surface area contributed by atoms with Gasteiger partial charge in [-0.25, -0.2) is 140 Å². The van der Waals surface area contributed by atoms with Gasteiger partial charge in [0.15, 0.2) is 157 Å². The third-order valence-electron chi connectivity index (χ3n) is 17.5. The van der Waals surface area contributed by atoms with Crippen molar-refractivity contribution in [3.05, 3.63) is 219 Å². The number of hydrogen-bond acceptors (Lipinski definition) is 0.